The van der Waals surface area contributed by atoms with Crippen molar-refractivity contribution in [2.45, 2.75) is 63.6 Å². The fourth-order valence-electron chi connectivity index (χ4n) is 5.89. The van der Waals surface area contributed by atoms with Gasteiger partial charge in [-0.3, -0.25) is 0 Å². The summed E-state index contributed by atoms with van der Waals surface area (Å²) in [6.07, 6.45) is -2.61. The van der Waals surface area contributed by atoms with Crippen LogP contribution >= 0.6 is 0 Å². The van der Waals surface area contributed by atoms with E-state index in [1.165, 1.54) is 0 Å². The smallest absolute Gasteiger partial charge is 0.117 e. The summed E-state index contributed by atoms with van der Waals surface area (Å²) in [4.78, 5) is 0. The maximum absolute atomic E-state index is 6.83. The molecule has 240 valence electrons. The van der Waals surface area contributed by atoms with Crippen molar-refractivity contribution in [1.82, 2.24) is 0 Å². The molecule has 0 heterocycles. The predicted molar refractivity (Wildman–Crippen MR) is 184 cm³/mol. The highest BCUT2D eigenvalue weighted by molar-refractivity contribution is 5.25. The molecular weight excluding hydrogens is 584 g/mol. The zero-order valence-electron chi connectivity index (χ0n) is 26.6. The molecule has 6 rings (SSSR count). The van der Waals surface area contributed by atoms with Gasteiger partial charge in [-0.1, -0.05) is 158 Å². The second kappa shape index (κ2) is 17.0. The second-order valence-corrected chi connectivity index (χ2v) is 11.8. The fourth-order valence-corrected chi connectivity index (χ4v) is 5.89. The maximum Gasteiger partial charge on any atom is 0.117 e. The number of hydrogen-bond donors (Lipinski definition) is 0. The van der Waals surface area contributed by atoms with Gasteiger partial charge in [0.15, 0.2) is 0 Å². The van der Waals surface area contributed by atoms with Gasteiger partial charge < -0.3 is 23.7 Å². The van der Waals surface area contributed by atoms with E-state index in [2.05, 4.69) is 67.2 Å². The third-order valence-corrected chi connectivity index (χ3v) is 8.38. The van der Waals surface area contributed by atoms with Gasteiger partial charge in [0.2, 0.25) is 0 Å². The normalized spacial score (nSPS) is 21.0. The largest absolute Gasteiger partial charge is 0.368 e. The molecule has 0 N–H and O–H groups in total. The Labute approximate surface area is 278 Å². The third kappa shape index (κ3) is 9.13. The second-order valence-electron chi connectivity index (χ2n) is 11.8. The highest BCUT2D eigenvalue weighted by Gasteiger charge is 2.50. The Kier molecular flexibility index (Phi) is 11.8. The van der Waals surface area contributed by atoms with E-state index in [-0.39, 0.29) is 0 Å². The lowest BCUT2D eigenvalue weighted by Gasteiger charge is -2.47. The van der Waals surface area contributed by atoms with E-state index in [1.54, 1.807) is 0 Å². The van der Waals surface area contributed by atoms with Crippen molar-refractivity contribution in [3.05, 3.63) is 192 Å². The molecule has 0 saturated heterocycles. The van der Waals surface area contributed by atoms with Crippen LogP contribution in [0.3, 0.4) is 0 Å². The number of benzene rings is 5. The molecule has 0 aliphatic heterocycles. The summed E-state index contributed by atoms with van der Waals surface area (Å²) in [5, 5.41) is 0. The summed E-state index contributed by atoms with van der Waals surface area (Å²) in [6, 6.07) is 50.8. The average Bonchev–Trinajstić information content (AvgIpc) is 3.14. The van der Waals surface area contributed by atoms with Crippen LogP contribution in [0.15, 0.2) is 164 Å². The predicted octanol–water partition coefficient (Wildman–Crippen LogP) is 8.48. The molecule has 1 aliphatic carbocycles. The van der Waals surface area contributed by atoms with Crippen LogP contribution in [-0.4, -0.2) is 30.5 Å². The van der Waals surface area contributed by atoms with Crippen molar-refractivity contribution < 1.29 is 23.7 Å². The standard InChI is InChI=1S/C42H42O5/c1-32-38(43-27-33-17-7-2-8-18-33)40(45-29-35-21-11-4-12-22-35)42(47-31-37-25-15-6-16-26-37)41(46-30-36-23-13-5-14-24-36)39(32)44-28-34-19-9-3-10-20-34/h2-26,38-42H,1,27-31H2/t38-,39-,40-,41+,42?/m0/s1. The number of ether oxygens (including phenoxy) is 5. The van der Waals surface area contributed by atoms with E-state index in [1.807, 2.05) is 91.0 Å². The first-order chi connectivity index (χ1) is 23.2. The van der Waals surface area contributed by atoms with Crippen molar-refractivity contribution in [3.8, 4) is 0 Å². The van der Waals surface area contributed by atoms with E-state index in [0.29, 0.717) is 33.0 Å². The van der Waals surface area contributed by atoms with Crippen LogP contribution in [0.2, 0.25) is 0 Å². The van der Waals surface area contributed by atoms with Crippen LogP contribution in [0.4, 0.5) is 0 Å². The Balaban J connectivity index is 1.35. The topological polar surface area (TPSA) is 46.2 Å². The molecule has 0 radical (unpaired) electrons. The van der Waals surface area contributed by atoms with Gasteiger partial charge in [-0.25, -0.2) is 0 Å². The van der Waals surface area contributed by atoms with Crippen LogP contribution in [0, 0.1) is 0 Å². The Hall–Kier alpha value is -4.36. The van der Waals surface area contributed by atoms with Crippen molar-refractivity contribution in [3.63, 3.8) is 0 Å². The zero-order valence-corrected chi connectivity index (χ0v) is 26.6. The van der Waals surface area contributed by atoms with Gasteiger partial charge in [-0.05, 0) is 33.4 Å². The molecule has 0 amide bonds. The van der Waals surface area contributed by atoms with Gasteiger partial charge in [0, 0.05) is 0 Å². The molecule has 47 heavy (non-hydrogen) atoms. The lowest BCUT2D eigenvalue weighted by atomic mass is 9.82. The summed E-state index contributed by atoms with van der Waals surface area (Å²) >= 11 is 0. The summed E-state index contributed by atoms with van der Waals surface area (Å²) in [7, 11) is 0. The van der Waals surface area contributed by atoms with Crippen LogP contribution in [0.5, 0.6) is 0 Å². The minimum Gasteiger partial charge on any atom is -0.368 e. The first kappa shape index (κ1) is 32.6. The molecule has 1 saturated carbocycles. The lowest BCUT2D eigenvalue weighted by molar-refractivity contribution is -0.229. The number of rotatable bonds is 15. The molecule has 0 bridgehead atoms. The van der Waals surface area contributed by atoms with Gasteiger partial charge in [0.1, 0.15) is 30.5 Å². The average molecular weight is 627 g/mol. The Morgan fingerprint density at radius 1 is 0.319 bits per heavy atom. The highest BCUT2D eigenvalue weighted by Crippen LogP contribution is 2.37. The van der Waals surface area contributed by atoms with E-state index in [4.69, 9.17) is 23.7 Å². The Bertz CT molecular complexity index is 1510. The number of hydrogen-bond acceptors (Lipinski definition) is 5. The van der Waals surface area contributed by atoms with Crippen LogP contribution in [-0.2, 0) is 56.7 Å². The highest BCUT2D eigenvalue weighted by atomic mass is 16.6. The SMILES string of the molecule is C=C1[C@H](OCc2ccccc2)[C@H](OCc2ccccc2)C(OCc2ccccc2)[C@H](OCc2ccccc2)[C@H]1OCc1ccccc1. The molecule has 5 aromatic rings. The maximum atomic E-state index is 6.83. The van der Waals surface area contributed by atoms with Crippen LogP contribution < -0.4 is 0 Å². The first-order valence-corrected chi connectivity index (χ1v) is 16.2. The van der Waals surface area contributed by atoms with Gasteiger partial charge in [0.25, 0.3) is 0 Å². The lowest BCUT2D eigenvalue weighted by Crippen LogP contribution is -2.61. The van der Waals surface area contributed by atoms with E-state index < -0.39 is 30.5 Å². The Morgan fingerprint density at radius 2 is 0.553 bits per heavy atom. The van der Waals surface area contributed by atoms with Gasteiger partial charge in [0.05, 0.1) is 33.0 Å². The fraction of sp³-hybridized carbons (Fsp3) is 0.238. The summed E-state index contributed by atoms with van der Waals surface area (Å²) in [5.74, 6) is 0. The summed E-state index contributed by atoms with van der Waals surface area (Å²) in [6.45, 7) is 6.53. The summed E-state index contributed by atoms with van der Waals surface area (Å²) in [5.41, 5.74) is 6.08. The first-order valence-electron chi connectivity index (χ1n) is 16.2. The van der Waals surface area contributed by atoms with Crippen molar-refractivity contribution in [1.29, 1.82) is 0 Å². The van der Waals surface area contributed by atoms with E-state index in [0.717, 1.165) is 33.4 Å². The van der Waals surface area contributed by atoms with Crippen molar-refractivity contribution in [2.75, 3.05) is 0 Å². The molecule has 5 atom stereocenters. The van der Waals surface area contributed by atoms with E-state index >= 15 is 0 Å². The summed E-state index contributed by atoms with van der Waals surface area (Å²) < 4.78 is 33.8. The van der Waals surface area contributed by atoms with Crippen LogP contribution in [0.25, 0.3) is 0 Å². The Morgan fingerprint density at radius 3 is 0.830 bits per heavy atom. The third-order valence-electron chi connectivity index (χ3n) is 8.38. The minimum atomic E-state index is -0.533. The van der Waals surface area contributed by atoms with E-state index in [9.17, 15) is 0 Å². The molecule has 0 spiro atoms. The quantitative estimate of drug-likeness (QED) is 0.109. The monoisotopic (exact) mass is 626 g/mol. The van der Waals surface area contributed by atoms with Gasteiger partial charge >= 0.3 is 0 Å². The zero-order chi connectivity index (χ0) is 32.1. The molecule has 5 nitrogen and oxygen atoms in total. The van der Waals surface area contributed by atoms with Gasteiger partial charge in [-0.2, -0.15) is 0 Å². The minimum absolute atomic E-state index is 0.380. The molecule has 5 aromatic carbocycles. The molecule has 0 aromatic heterocycles. The van der Waals surface area contributed by atoms with Gasteiger partial charge in [-0.15, -0.1) is 0 Å². The molecule has 5 heteroatoms. The van der Waals surface area contributed by atoms with Crippen molar-refractivity contribution >= 4 is 0 Å². The molecular formula is C42H42O5. The van der Waals surface area contributed by atoms with Crippen molar-refractivity contribution in [2.24, 2.45) is 0 Å². The molecule has 1 unspecified atom stereocenters. The molecule has 1 aliphatic rings. The van der Waals surface area contributed by atoms with Crippen LogP contribution in [0.1, 0.15) is 27.8 Å². The molecule has 1 fully saturated rings.